The van der Waals surface area contributed by atoms with E-state index < -0.39 is 0 Å². The molecule has 0 bridgehead atoms. The summed E-state index contributed by atoms with van der Waals surface area (Å²) in [5.74, 6) is -0.262. The largest absolute Gasteiger partial charge is 0.379 e. The molecule has 0 saturated carbocycles. The monoisotopic (exact) mass is 715 g/mol. The number of likely N-dealkylation sites (tertiary alicyclic amines) is 2. The Morgan fingerprint density at radius 1 is 0.958 bits per heavy atom. The van der Waals surface area contributed by atoms with Crippen molar-refractivity contribution in [1.29, 1.82) is 0 Å². The lowest BCUT2D eigenvalue weighted by molar-refractivity contribution is -0.134. The summed E-state index contributed by atoms with van der Waals surface area (Å²) in [5.41, 5.74) is 4.76. The molecule has 1 spiro atoms. The number of aromatic nitrogens is 2. The summed E-state index contributed by atoms with van der Waals surface area (Å²) >= 11 is 3.42. The molecule has 2 aromatic carbocycles. The lowest BCUT2D eigenvalue weighted by atomic mass is 9.71. The van der Waals surface area contributed by atoms with Gasteiger partial charge in [0.2, 0.25) is 11.8 Å². The minimum Gasteiger partial charge on any atom is -0.379 e. The van der Waals surface area contributed by atoms with E-state index in [-0.39, 0.29) is 40.7 Å². The van der Waals surface area contributed by atoms with Crippen LogP contribution >= 0.6 is 15.9 Å². The van der Waals surface area contributed by atoms with Crippen LogP contribution in [0.2, 0.25) is 0 Å². The van der Waals surface area contributed by atoms with E-state index in [1.165, 1.54) is 10.2 Å². The van der Waals surface area contributed by atoms with Crippen molar-refractivity contribution < 1.29 is 14.4 Å². The molecule has 252 valence electrons. The molecule has 1 unspecified atom stereocenters. The van der Waals surface area contributed by atoms with Gasteiger partial charge in [-0.15, -0.1) is 0 Å². The summed E-state index contributed by atoms with van der Waals surface area (Å²) in [6.45, 7) is 5.26. The van der Waals surface area contributed by atoms with Gasteiger partial charge < -0.3 is 20.0 Å². The molecule has 12 heteroatoms. The van der Waals surface area contributed by atoms with Gasteiger partial charge in [-0.05, 0) is 90.0 Å². The zero-order valence-electron chi connectivity index (χ0n) is 27.5. The molecular formula is C36H42BrN7O4. The number of amides is 3. The van der Waals surface area contributed by atoms with E-state index in [1.807, 2.05) is 29.2 Å². The number of imide groups is 1. The van der Waals surface area contributed by atoms with E-state index in [0.717, 1.165) is 75.3 Å². The van der Waals surface area contributed by atoms with Crippen LogP contribution in [0.25, 0.3) is 0 Å². The maximum absolute atomic E-state index is 13.4. The first kappa shape index (κ1) is 32.5. The highest BCUT2D eigenvalue weighted by atomic mass is 79.9. The summed E-state index contributed by atoms with van der Waals surface area (Å²) in [7, 11) is 3.75. The highest BCUT2D eigenvalue weighted by Gasteiger charge is 2.47. The zero-order valence-corrected chi connectivity index (χ0v) is 29.0. The number of nitrogens with zero attached hydrogens (tertiary/aromatic N) is 5. The van der Waals surface area contributed by atoms with E-state index in [9.17, 15) is 19.2 Å². The molecule has 4 fully saturated rings. The molecule has 5 heterocycles. The molecule has 3 atom stereocenters. The van der Waals surface area contributed by atoms with Gasteiger partial charge in [0.05, 0.1) is 17.8 Å². The van der Waals surface area contributed by atoms with Crippen LogP contribution in [0.5, 0.6) is 0 Å². The Hall–Kier alpha value is -4.03. The van der Waals surface area contributed by atoms with Crippen molar-refractivity contribution >= 4 is 45.0 Å². The Bertz CT molecular complexity index is 1760. The van der Waals surface area contributed by atoms with Crippen molar-refractivity contribution in [2.45, 2.75) is 50.0 Å². The smallest absolute Gasteiger partial charge is 0.282 e. The van der Waals surface area contributed by atoms with Gasteiger partial charge in [-0.2, -0.15) is 5.10 Å². The number of rotatable bonds is 6. The fourth-order valence-electron chi connectivity index (χ4n) is 7.97. The molecule has 3 aromatic rings. The van der Waals surface area contributed by atoms with Crippen LogP contribution < -0.4 is 21.1 Å². The van der Waals surface area contributed by atoms with Crippen LogP contribution in [0.4, 0.5) is 11.4 Å². The number of likely N-dealkylation sites (N-methyl/N-ethyl adjacent to an activating group) is 1. The third-order valence-electron chi connectivity index (χ3n) is 10.8. The molecule has 4 aliphatic rings. The third kappa shape index (κ3) is 6.52. The minimum atomic E-state index is -0.265. The number of hydrogen-bond acceptors (Lipinski definition) is 8. The Kier molecular flexibility index (Phi) is 8.88. The van der Waals surface area contributed by atoms with Crippen LogP contribution in [-0.4, -0.2) is 89.7 Å². The van der Waals surface area contributed by atoms with E-state index >= 15 is 0 Å². The first-order valence-corrected chi connectivity index (χ1v) is 17.6. The van der Waals surface area contributed by atoms with Crippen LogP contribution in [0.3, 0.4) is 0 Å². The number of benzene rings is 2. The topological polar surface area (TPSA) is 120 Å². The fraction of sp³-hybridized carbons (Fsp3) is 0.472. The lowest BCUT2D eigenvalue weighted by Gasteiger charge is -2.54. The Balaban J connectivity index is 0.906. The number of carbonyl (C=O) groups excluding carboxylic acids is 3. The second-order valence-corrected chi connectivity index (χ2v) is 15.0. The second-order valence-electron chi connectivity index (χ2n) is 14.2. The summed E-state index contributed by atoms with van der Waals surface area (Å²) in [5, 5.41) is 10.1. The number of anilines is 2. The molecule has 0 radical (unpaired) electrons. The molecule has 7 rings (SSSR count). The Morgan fingerprint density at radius 2 is 1.65 bits per heavy atom. The normalized spacial score (nSPS) is 24.3. The zero-order chi connectivity index (χ0) is 33.6. The van der Waals surface area contributed by atoms with Gasteiger partial charge in [-0.25, -0.2) is 4.68 Å². The number of hydrogen-bond donors (Lipinski definition) is 2. The number of aryl methyl sites for hydroxylation is 1. The second kappa shape index (κ2) is 13.1. The van der Waals surface area contributed by atoms with Crippen LogP contribution in [0.1, 0.15) is 65.4 Å². The Labute approximate surface area is 288 Å². The van der Waals surface area contributed by atoms with Crippen molar-refractivity contribution in [3.8, 4) is 0 Å². The van der Waals surface area contributed by atoms with E-state index in [0.29, 0.717) is 28.9 Å². The highest BCUT2D eigenvalue weighted by Crippen LogP contribution is 2.42. The standard InChI is InChI=1S/C36H42BrN7O4/c1-41-19-26(17-27(20-41)39-30-18-38-42(2)35(48)32(30)37)23-3-5-25(6-4-23)34(47)44-21-36(22-44)13-15-43(16-14-36)28-9-7-24(8-10-28)29-11-12-31(45)40-33(29)46/h3-10,18,26-27,29,39H,11-17,19-22H2,1-2H3,(H,40,45,46)/t26-,27+,29?/m1/s1. The molecule has 1 aromatic heterocycles. The van der Waals surface area contributed by atoms with Crippen molar-refractivity contribution in [1.82, 2.24) is 24.9 Å². The van der Waals surface area contributed by atoms with Crippen molar-refractivity contribution in [2.24, 2.45) is 12.5 Å². The first-order valence-electron chi connectivity index (χ1n) is 16.8. The van der Waals surface area contributed by atoms with Crippen LogP contribution in [-0.2, 0) is 16.6 Å². The van der Waals surface area contributed by atoms with Crippen LogP contribution in [0.15, 0.2) is 64.0 Å². The average molecular weight is 717 g/mol. The molecule has 4 saturated heterocycles. The molecule has 48 heavy (non-hydrogen) atoms. The molecular weight excluding hydrogens is 674 g/mol. The first-order chi connectivity index (χ1) is 23.1. The van der Waals surface area contributed by atoms with Crippen molar-refractivity contribution in [3.63, 3.8) is 0 Å². The summed E-state index contributed by atoms with van der Waals surface area (Å²) in [4.78, 5) is 56.2. The molecule has 3 amide bonds. The summed E-state index contributed by atoms with van der Waals surface area (Å²) in [6, 6.07) is 16.5. The van der Waals surface area contributed by atoms with E-state index in [1.54, 1.807) is 13.2 Å². The summed E-state index contributed by atoms with van der Waals surface area (Å²) in [6.07, 6.45) is 5.62. The fourth-order valence-corrected chi connectivity index (χ4v) is 8.44. The van der Waals surface area contributed by atoms with Gasteiger partial charge in [0.25, 0.3) is 11.5 Å². The van der Waals surface area contributed by atoms with Gasteiger partial charge in [0, 0.05) is 75.4 Å². The number of halogens is 1. The van der Waals surface area contributed by atoms with Crippen molar-refractivity contribution in [3.05, 3.63) is 86.2 Å². The average Bonchev–Trinajstić information content (AvgIpc) is 3.07. The van der Waals surface area contributed by atoms with Gasteiger partial charge in [0.15, 0.2) is 0 Å². The predicted octanol–water partition coefficient (Wildman–Crippen LogP) is 3.71. The molecule has 11 nitrogen and oxygen atoms in total. The maximum Gasteiger partial charge on any atom is 0.282 e. The van der Waals surface area contributed by atoms with Gasteiger partial charge >= 0.3 is 0 Å². The van der Waals surface area contributed by atoms with E-state index in [4.69, 9.17) is 0 Å². The molecule has 4 aliphatic heterocycles. The number of carbonyl (C=O) groups is 3. The number of piperidine rings is 3. The lowest BCUT2D eigenvalue weighted by Crippen LogP contribution is -2.61. The molecule has 0 aliphatic carbocycles. The van der Waals surface area contributed by atoms with E-state index in [2.05, 4.69) is 72.8 Å². The summed E-state index contributed by atoms with van der Waals surface area (Å²) < 4.78 is 1.80. The van der Waals surface area contributed by atoms with Gasteiger partial charge in [-0.1, -0.05) is 24.3 Å². The third-order valence-corrected chi connectivity index (χ3v) is 11.5. The predicted molar refractivity (Wildman–Crippen MR) is 187 cm³/mol. The SMILES string of the molecule is CN1C[C@@H](Nc2cnn(C)c(=O)c2Br)C[C@@H](c2ccc(C(=O)N3CC4(CCN(c5ccc(C6CCC(=O)NC6=O)cc5)CC4)C3)cc2)C1. The number of nitrogens with one attached hydrogen (secondary N) is 2. The van der Waals surface area contributed by atoms with Crippen molar-refractivity contribution in [2.75, 3.05) is 56.5 Å². The maximum atomic E-state index is 13.4. The van der Waals surface area contributed by atoms with Crippen LogP contribution in [0, 0.1) is 5.41 Å². The minimum absolute atomic E-state index is 0.0990. The highest BCUT2D eigenvalue weighted by molar-refractivity contribution is 9.10. The quantitative estimate of drug-likeness (QED) is 0.371. The molecule has 2 N–H and O–H groups in total. The van der Waals surface area contributed by atoms with Gasteiger partial charge in [-0.3, -0.25) is 24.5 Å². The van der Waals surface area contributed by atoms with Gasteiger partial charge in [0.1, 0.15) is 4.47 Å². The Morgan fingerprint density at radius 3 is 2.33 bits per heavy atom.